The molecule has 15 heavy (non-hydrogen) atoms. The number of benzene rings is 1. The van der Waals surface area contributed by atoms with E-state index >= 15 is 0 Å². The first-order valence-electron chi connectivity index (χ1n) is 3.67. The zero-order chi connectivity index (χ0) is 10.7. The number of nitrogens with zero attached hydrogens (tertiary/aromatic N) is 1. The van der Waals surface area contributed by atoms with Gasteiger partial charge in [0.1, 0.15) is 5.69 Å². The number of aryl methyl sites for hydroxylation is 1. The minimum absolute atomic E-state index is 0. The molecule has 0 atom stereocenters. The van der Waals surface area contributed by atoms with Crippen LogP contribution in [-0.4, -0.2) is 42.9 Å². The largest absolute Gasteiger partial charge is 0.293 e. The molecule has 1 radical (unpaired) electrons. The SMILES string of the molecule is Cc1ccc([N+](=O)[O-])c(N[SH](=O)=O)c1.[Na]. The van der Waals surface area contributed by atoms with Crippen molar-refractivity contribution in [1.29, 1.82) is 0 Å². The van der Waals surface area contributed by atoms with Crippen molar-refractivity contribution < 1.29 is 13.3 Å². The Hall–Kier alpha value is -0.630. The molecule has 77 valence electrons. The van der Waals surface area contributed by atoms with Crippen LogP contribution in [0.2, 0.25) is 0 Å². The van der Waals surface area contributed by atoms with Gasteiger partial charge in [0, 0.05) is 35.6 Å². The van der Waals surface area contributed by atoms with Crippen LogP contribution >= 0.6 is 0 Å². The van der Waals surface area contributed by atoms with Crippen molar-refractivity contribution in [2.75, 3.05) is 4.72 Å². The molecule has 8 heteroatoms. The van der Waals surface area contributed by atoms with E-state index in [-0.39, 0.29) is 40.9 Å². The molecule has 1 N–H and O–H groups in total. The summed E-state index contributed by atoms with van der Waals surface area (Å²) in [6.07, 6.45) is 0. The Morgan fingerprint density at radius 1 is 1.40 bits per heavy atom. The molecule has 0 saturated carbocycles. The number of hydrogen-bond acceptors (Lipinski definition) is 4. The predicted octanol–water partition coefficient (Wildman–Crippen LogP) is 0.461. The topological polar surface area (TPSA) is 89.3 Å². The molecular weight excluding hydrogens is 231 g/mol. The Bertz CT molecular complexity index is 439. The summed E-state index contributed by atoms with van der Waals surface area (Å²) in [7, 11) is -2.88. The van der Waals surface area contributed by atoms with Gasteiger partial charge in [-0.2, -0.15) is 0 Å². The van der Waals surface area contributed by atoms with E-state index < -0.39 is 15.8 Å². The van der Waals surface area contributed by atoms with Gasteiger partial charge in [-0.05, 0) is 18.6 Å². The molecule has 0 aliphatic carbocycles. The Morgan fingerprint density at radius 2 is 2.00 bits per heavy atom. The number of nitrogens with one attached hydrogen (secondary N) is 1. The maximum absolute atomic E-state index is 10.5. The number of rotatable bonds is 3. The van der Waals surface area contributed by atoms with Gasteiger partial charge >= 0.3 is 0 Å². The van der Waals surface area contributed by atoms with Gasteiger partial charge < -0.3 is 0 Å². The van der Waals surface area contributed by atoms with Crippen molar-refractivity contribution in [1.82, 2.24) is 0 Å². The Labute approximate surface area is 110 Å². The second-order valence-electron chi connectivity index (χ2n) is 2.65. The van der Waals surface area contributed by atoms with Gasteiger partial charge in [-0.1, -0.05) is 6.07 Å². The number of hydrogen-bond donors (Lipinski definition) is 2. The third-order valence-corrected chi connectivity index (χ3v) is 1.98. The number of thiol groups is 1. The smallest absolute Gasteiger partial charge is 0.279 e. The zero-order valence-electron chi connectivity index (χ0n) is 8.26. The fourth-order valence-corrected chi connectivity index (χ4v) is 1.37. The molecular formula is C7H8N2NaO4S. The molecule has 0 amide bonds. The first-order valence-corrected chi connectivity index (χ1v) is 4.84. The van der Waals surface area contributed by atoms with E-state index in [9.17, 15) is 18.5 Å². The molecule has 1 aromatic carbocycles. The summed E-state index contributed by atoms with van der Waals surface area (Å²) in [5, 5.41) is 10.5. The van der Waals surface area contributed by atoms with Crippen molar-refractivity contribution >= 4 is 51.8 Å². The second-order valence-corrected chi connectivity index (χ2v) is 3.38. The number of anilines is 1. The summed E-state index contributed by atoms with van der Waals surface area (Å²) >= 11 is 0. The van der Waals surface area contributed by atoms with Crippen LogP contribution in [-0.2, 0) is 10.9 Å². The summed E-state index contributed by atoms with van der Waals surface area (Å²) in [5.74, 6) is 0. The number of nitro groups is 1. The van der Waals surface area contributed by atoms with E-state index in [1.165, 1.54) is 12.1 Å². The van der Waals surface area contributed by atoms with Crippen LogP contribution in [0.5, 0.6) is 0 Å². The van der Waals surface area contributed by atoms with E-state index in [0.29, 0.717) is 0 Å². The minimum Gasteiger partial charge on any atom is -0.279 e. The zero-order valence-corrected chi connectivity index (χ0v) is 11.2. The first kappa shape index (κ1) is 14.4. The van der Waals surface area contributed by atoms with Crippen molar-refractivity contribution in [3.05, 3.63) is 33.9 Å². The van der Waals surface area contributed by atoms with Crippen LogP contribution in [0, 0.1) is 17.0 Å². The van der Waals surface area contributed by atoms with Gasteiger partial charge in [-0.3, -0.25) is 14.8 Å². The molecule has 0 bridgehead atoms. The van der Waals surface area contributed by atoms with E-state index in [1.54, 1.807) is 13.0 Å². The van der Waals surface area contributed by atoms with Crippen molar-refractivity contribution in [3.8, 4) is 0 Å². The second kappa shape index (κ2) is 6.06. The Kier molecular flexibility index (Phi) is 5.81. The third kappa shape index (κ3) is 4.17. The predicted molar refractivity (Wildman–Crippen MR) is 57.5 cm³/mol. The maximum Gasteiger partial charge on any atom is 0.293 e. The summed E-state index contributed by atoms with van der Waals surface area (Å²) in [5.41, 5.74) is 0.482. The molecule has 1 aromatic rings. The molecule has 1 rings (SSSR count). The van der Waals surface area contributed by atoms with E-state index in [1.807, 2.05) is 4.72 Å². The molecule has 0 fully saturated rings. The van der Waals surface area contributed by atoms with Crippen LogP contribution in [0.4, 0.5) is 11.4 Å². The van der Waals surface area contributed by atoms with Crippen LogP contribution in [0.3, 0.4) is 0 Å². The third-order valence-electron chi connectivity index (χ3n) is 1.56. The Balaban J connectivity index is 0.00000196. The molecule has 6 nitrogen and oxygen atoms in total. The molecule has 0 aliphatic heterocycles. The van der Waals surface area contributed by atoms with Gasteiger partial charge in [0.15, 0.2) is 0 Å². The monoisotopic (exact) mass is 239 g/mol. The normalized spacial score (nSPS) is 9.47. The molecule has 0 heterocycles. The first-order chi connectivity index (χ1) is 6.50. The fraction of sp³-hybridized carbons (Fsp3) is 0.143. The van der Waals surface area contributed by atoms with Crippen molar-refractivity contribution in [2.45, 2.75) is 6.92 Å². The van der Waals surface area contributed by atoms with Crippen molar-refractivity contribution in [3.63, 3.8) is 0 Å². The molecule has 0 spiro atoms. The molecule has 0 aliphatic rings. The van der Waals surface area contributed by atoms with Crippen LogP contribution in [0.1, 0.15) is 5.56 Å². The molecule has 0 unspecified atom stereocenters. The van der Waals surface area contributed by atoms with Crippen molar-refractivity contribution in [2.24, 2.45) is 0 Å². The summed E-state index contributed by atoms with van der Waals surface area (Å²) in [6, 6.07) is 4.21. The molecule has 0 aromatic heterocycles. The maximum atomic E-state index is 10.5. The summed E-state index contributed by atoms with van der Waals surface area (Å²) in [4.78, 5) is 9.84. The van der Waals surface area contributed by atoms with E-state index in [4.69, 9.17) is 0 Å². The van der Waals surface area contributed by atoms with Gasteiger partial charge in [-0.15, -0.1) is 0 Å². The average molecular weight is 239 g/mol. The fourth-order valence-electron chi connectivity index (χ4n) is 0.997. The van der Waals surface area contributed by atoms with Gasteiger partial charge in [-0.25, -0.2) is 8.42 Å². The van der Waals surface area contributed by atoms with Gasteiger partial charge in [0.2, 0.25) is 10.9 Å². The Morgan fingerprint density at radius 3 is 2.47 bits per heavy atom. The van der Waals surface area contributed by atoms with Gasteiger partial charge in [0.05, 0.1) is 4.92 Å². The summed E-state index contributed by atoms with van der Waals surface area (Å²) < 4.78 is 22.7. The average Bonchev–Trinajstić information content (AvgIpc) is 2.01. The van der Waals surface area contributed by atoms with Crippen LogP contribution < -0.4 is 4.72 Å². The van der Waals surface area contributed by atoms with E-state index in [0.717, 1.165) is 5.56 Å². The quantitative estimate of drug-likeness (QED) is 0.347. The minimum atomic E-state index is -2.88. The standard InChI is InChI=1S/C7H8N2O4S.Na/c1-5-2-3-7(9(10)11)6(4-5)8-14(12)13;/h2-4,14H,1H3,(H,8,12,13);. The van der Waals surface area contributed by atoms with Gasteiger partial charge in [0.25, 0.3) is 5.69 Å². The number of nitro benzene ring substituents is 1. The van der Waals surface area contributed by atoms with E-state index in [2.05, 4.69) is 0 Å². The molecule has 0 saturated heterocycles. The van der Waals surface area contributed by atoms with Crippen LogP contribution in [0.25, 0.3) is 0 Å². The summed E-state index contributed by atoms with van der Waals surface area (Å²) in [6.45, 7) is 1.72. The van der Waals surface area contributed by atoms with Crippen LogP contribution in [0.15, 0.2) is 18.2 Å².